The number of carbonyl (C=O) groups excluding carboxylic acids is 2. The van der Waals surface area contributed by atoms with Crippen LogP contribution in [0, 0.1) is 5.92 Å². The Labute approximate surface area is 156 Å². The van der Waals surface area contributed by atoms with E-state index in [-0.39, 0.29) is 23.9 Å². The van der Waals surface area contributed by atoms with Gasteiger partial charge in [-0.2, -0.15) is 0 Å². The maximum Gasteiger partial charge on any atom is 0.233 e. The average Bonchev–Trinajstić information content (AvgIpc) is 2.67. The van der Waals surface area contributed by atoms with E-state index in [0.717, 1.165) is 17.5 Å². The van der Waals surface area contributed by atoms with Crippen molar-refractivity contribution in [1.82, 2.24) is 10.6 Å². The van der Waals surface area contributed by atoms with Gasteiger partial charge in [0.15, 0.2) is 0 Å². The Balaban J connectivity index is 2.02. The summed E-state index contributed by atoms with van der Waals surface area (Å²) in [6.07, 6.45) is 1.30. The minimum atomic E-state index is -0.683. The zero-order chi connectivity index (χ0) is 18.9. The molecule has 0 saturated heterocycles. The molecule has 1 unspecified atom stereocenters. The van der Waals surface area contributed by atoms with E-state index in [1.54, 1.807) is 0 Å². The van der Waals surface area contributed by atoms with E-state index in [4.69, 9.17) is 0 Å². The monoisotopic (exact) mass is 352 g/mol. The predicted molar refractivity (Wildman–Crippen MR) is 104 cm³/mol. The van der Waals surface area contributed by atoms with Crippen molar-refractivity contribution in [3.8, 4) is 0 Å². The van der Waals surface area contributed by atoms with Crippen LogP contribution in [-0.2, 0) is 9.59 Å². The van der Waals surface area contributed by atoms with Gasteiger partial charge in [-0.3, -0.25) is 9.59 Å². The topological polar surface area (TPSA) is 58.2 Å². The van der Waals surface area contributed by atoms with Gasteiger partial charge in [0.05, 0.1) is 12.1 Å². The highest BCUT2D eigenvalue weighted by atomic mass is 16.2. The minimum absolute atomic E-state index is 0.137. The van der Waals surface area contributed by atoms with E-state index in [0.29, 0.717) is 6.42 Å². The van der Waals surface area contributed by atoms with Crippen LogP contribution in [-0.4, -0.2) is 11.8 Å². The second-order valence-electron chi connectivity index (χ2n) is 6.62. The van der Waals surface area contributed by atoms with Crippen molar-refractivity contribution in [2.75, 3.05) is 0 Å². The van der Waals surface area contributed by atoms with Gasteiger partial charge in [0.25, 0.3) is 0 Å². The molecule has 4 nitrogen and oxygen atoms in total. The fourth-order valence-corrected chi connectivity index (χ4v) is 2.95. The SMILES string of the molecule is CCCC(C(=O)N[C@@H](C)c1ccccc1)C(=O)N[C@H](C)c1ccccc1. The number of benzene rings is 2. The molecule has 0 spiro atoms. The number of rotatable bonds is 8. The van der Waals surface area contributed by atoms with Gasteiger partial charge >= 0.3 is 0 Å². The molecule has 26 heavy (non-hydrogen) atoms. The van der Waals surface area contributed by atoms with Crippen molar-refractivity contribution in [3.05, 3.63) is 71.8 Å². The van der Waals surface area contributed by atoms with Crippen LogP contribution in [0.5, 0.6) is 0 Å². The first-order chi connectivity index (χ1) is 12.5. The van der Waals surface area contributed by atoms with E-state index in [9.17, 15) is 9.59 Å². The lowest BCUT2D eigenvalue weighted by Gasteiger charge is -2.22. The van der Waals surface area contributed by atoms with Crippen LogP contribution >= 0.6 is 0 Å². The third kappa shape index (κ3) is 5.45. The summed E-state index contributed by atoms with van der Waals surface area (Å²) in [5.41, 5.74) is 2.04. The van der Waals surface area contributed by atoms with Crippen molar-refractivity contribution >= 4 is 11.8 Å². The molecule has 0 saturated carbocycles. The van der Waals surface area contributed by atoms with Crippen LogP contribution in [0.1, 0.15) is 56.8 Å². The molecule has 3 atom stereocenters. The number of hydrogen-bond acceptors (Lipinski definition) is 2. The molecule has 0 aromatic heterocycles. The summed E-state index contributed by atoms with van der Waals surface area (Å²) >= 11 is 0. The van der Waals surface area contributed by atoms with E-state index < -0.39 is 5.92 Å². The summed E-state index contributed by atoms with van der Waals surface area (Å²) in [6, 6.07) is 19.2. The van der Waals surface area contributed by atoms with Crippen LogP contribution in [0.2, 0.25) is 0 Å². The summed E-state index contributed by atoms with van der Waals surface area (Å²) in [7, 11) is 0. The van der Waals surface area contributed by atoms with Crippen LogP contribution < -0.4 is 10.6 Å². The quantitative estimate of drug-likeness (QED) is 0.701. The highest BCUT2D eigenvalue weighted by molar-refractivity contribution is 6.00. The molecule has 0 heterocycles. The van der Waals surface area contributed by atoms with Crippen molar-refractivity contribution in [2.45, 2.75) is 45.7 Å². The molecule has 4 heteroatoms. The highest BCUT2D eigenvalue weighted by Crippen LogP contribution is 2.17. The zero-order valence-corrected chi connectivity index (χ0v) is 15.7. The van der Waals surface area contributed by atoms with Gasteiger partial charge in [0, 0.05) is 0 Å². The Morgan fingerprint density at radius 1 is 0.769 bits per heavy atom. The summed E-state index contributed by atoms with van der Waals surface area (Å²) in [5, 5.41) is 5.95. The Hall–Kier alpha value is -2.62. The van der Waals surface area contributed by atoms with Crippen molar-refractivity contribution in [1.29, 1.82) is 0 Å². The van der Waals surface area contributed by atoms with E-state index >= 15 is 0 Å². The Morgan fingerprint density at radius 2 is 1.15 bits per heavy atom. The molecule has 2 rings (SSSR count). The molecular formula is C22H28N2O2. The fourth-order valence-electron chi connectivity index (χ4n) is 2.95. The van der Waals surface area contributed by atoms with Gasteiger partial charge in [-0.15, -0.1) is 0 Å². The second kappa shape index (κ2) is 9.76. The van der Waals surface area contributed by atoms with Gasteiger partial charge in [0.2, 0.25) is 11.8 Å². The predicted octanol–water partition coefficient (Wildman–Crippen LogP) is 4.16. The first kappa shape index (κ1) is 19.7. The maximum absolute atomic E-state index is 12.7. The van der Waals surface area contributed by atoms with Gasteiger partial charge in [-0.25, -0.2) is 0 Å². The number of amides is 2. The molecule has 2 N–H and O–H groups in total. The summed E-state index contributed by atoms with van der Waals surface area (Å²) in [6.45, 7) is 5.84. The summed E-state index contributed by atoms with van der Waals surface area (Å²) in [5.74, 6) is -1.13. The third-order valence-corrected chi connectivity index (χ3v) is 4.53. The number of nitrogens with one attached hydrogen (secondary N) is 2. The van der Waals surface area contributed by atoms with Gasteiger partial charge < -0.3 is 10.6 Å². The van der Waals surface area contributed by atoms with Gasteiger partial charge in [-0.1, -0.05) is 74.0 Å². The summed E-state index contributed by atoms with van der Waals surface area (Å²) in [4.78, 5) is 25.4. The van der Waals surface area contributed by atoms with Gasteiger partial charge in [-0.05, 0) is 31.4 Å². The maximum atomic E-state index is 12.7. The van der Waals surface area contributed by atoms with Crippen molar-refractivity contribution < 1.29 is 9.59 Å². The second-order valence-corrected chi connectivity index (χ2v) is 6.62. The van der Waals surface area contributed by atoms with E-state index in [1.165, 1.54) is 0 Å². The highest BCUT2D eigenvalue weighted by Gasteiger charge is 2.28. The molecule has 138 valence electrons. The Morgan fingerprint density at radius 3 is 1.50 bits per heavy atom. The average molecular weight is 352 g/mol. The molecule has 0 bridgehead atoms. The largest absolute Gasteiger partial charge is 0.349 e. The number of hydrogen-bond donors (Lipinski definition) is 2. The first-order valence-electron chi connectivity index (χ1n) is 9.23. The van der Waals surface area contributed by atoms with Crippen LogP contribution in [0.4, 0.5) is 0 Å². The van der Waals surface area contributed by atoms with Crippen molar-refractivity contribution in [2.24, 2.45) is 5.92 Å². The fraction of sp³-hybridized carbons (Fsp3) is 0.364. The molecule has 0 aliphatic rings. The lowest BCUT2D eigenvalue weighted by Crippen LogP contribution is -2.42. The molecular weight excluding hydrogens is 324 g/mol. The lowest BCUT2D eigenvalue weighted by atomic mass is 9.99. The Bertz CT molecular complexity index is 641. The van der Waals surface area contributed by atoms with Crippen LogP contribution in [0.15, 0.2) is 60.7 Å². The molecule has 2 aromatic carbocycles. The smallest absolute Gasteiger partial charge is 0.233 e. The van der Waals surface area contributed by atoms with Crippen molar-refractivity contribution in [3.63, 3.8) is 0 Å². The molecule has 2 amide bonds. The zero-order valence-electron chi connectivity index (χ0n) is 15.7. The third-order valence-electron chi connectivity index (χ3n) is 4.53. The van der Waals surface area contributed by atoms with Crippen LogP contribution in [0.25, 0.3) is 0 Å². The summed E-state index contributed by atoms with van der Waals surface area (Å²) < 4.78 is 0. The molecule has 0 aliphatic carbocycles. The first-order valence-corrected chi connectivity index (χ1v) is 9.23. The normalized spacial score (nSPS) is 14.1. The molecule has 0 aliphatic heterocycles. The molecule has 0 fully saturated rings. The standard InChI is InChI=1S/C22H28N2O2/c1-4-11-20(21(25)23-16(2)18-12-7-5-8-13-18)22(26)24-17(3)19-14-9-6-10-15-19/h5-10,12-17,20H,4,11H2,1-3H3,(H,23,25)(H,24,26)/t16-,17+,20?. The lowest BCUT2D eigenvalue weighted by molar-refractivity contribution is -0.136. The number of carbonyl (C=O) groups is 2. The van der Waals surface area contributed by atoms with E-state index in [1.807, 2.05) is 81.4 Å². The van der Waals surface area contributed by atoms with E-state index in [2.05, 4.69) is 10.6 Å². The molecule has 0 radical (unpaired) electrons. The molecule has 2 aromatic rings. The Kier molecular flexibility index (Phi) is 7.39. The van der Waals surface area contributed by atoms with Gasteiger partial charge in [0.1, 0.15) is 5.92 Å². The minimum Gasteiger partial charge on any atom is -0.349 e. The van der Waals surface area contributed by atoms with Crippen LogP contribution in [0.3, 0.4) is 0 Å².